The summed E-state index contributed by atoms with van der Waals surface area (Å²) < 4.78 is 98.1. The summed E-state index contributed by atoms with van der Waals surface area (Å²) in [5.41, 5.74) is 0. The number of hydrogen-bond acceptors (Lipinski definition) is 6. The van der Waals surface area contributed by atoms with Crippen LogP contribution < -0.4 is 0 Å². The molecule has 0 aromatic carbocycles. The topological polar surface area (TPSA) is 67.9 Å². The van der Waals surface area contributed by atoms with Gasteiger partial charge in [-0.25, -0.2) is 0 Å². The van der Waals surface area contributed by atoms with Crippen molar-refractivity contribution in [2.75, 3.05) is 13.2 Å². The first-order valence-corrected chi connectivity index (χ1v) is 10.9. The standard InChI is InChI=1S/C4H10F6N4O2P4/c1-3-15-19(9)12-17(5,6)11-18(7,8)13-20(10,14-19)16-4-2/h3-4H2,1-2H3. The van der Waals surface area contributed by atoms with Crippen molar-refractivity contribution in [3.05, 3.63) is 0 Å². The van der Waals surface area contributed by atoms with E-state index in [1.54, 1.807) is 0 Å². The summed E-state index contributed by atoms with van der Waals surface area (Å²) in [5, 5.41) is 0. The van der Waals surface area contributed by atoms with E-state index in [4.69, 9.17) is 0 Å². The molecule has 0 fully saturated rings. The quantitative estimate of drug-likeness (QED) is 0.369. The van der Waals surface area contributed by atoms with E-state index < -0.39 is 44.4 Å². The highest BCUT2D eigenvalue weighted by Gasteiger charge is 2.40. The molecule has 16 heteroatoms. The number of nitrogens with zero attached hydrogens (tertiary/aromatic N) is 4. The molecule has 1 aliphatic heterocycles. The molecule has 0 amide bonds. The molecule has 2 unspecified atom stereocenters. The molecule has 1 heterocycles. The van der Waals surface area contributed by atoms with Crippen LogP contribution in [0, 0.1) is 0 Å². The molecule has 0 spiro atoms. The van der Waals surface area contributed by atoms with Crippen molar-refractivity contribution in [1.29, 1.82) is 0 Å². The predicted molar refractivity (Wildman–Crippen MR) is 67.3 cm³/mol. The Kier molecular flexibility index (Phi) is 5.79. The minimum absolute atomic E-state index is 0.463. The van der Waals surface area contributed by atoms with Crippen LogP contribution in [-0.4, -0.2) is 13.2 Å². The third-order valence-corrected chi connectivity index (χ3v) is 9.61. The van der Waals surface area contributed by atoms with Gasteiger partial charge < -0.3 is 9.05 Å². The van der Waals surface area contributed by atoms with Gasteiger partial charge in [0, 0.05) is 0 Å². The molecule has 0 aromatic heterocycles. The van der Waals surface area contributed by atoms with Gasteiger partial charge in [-0.2, -0.15) is 8.39 Å². The maximum Gasteiger partial charge on any atom is 0.425 e. The molecule has 2 atom stereocenters. The molecule has 0 bridgehead atoms. The molecule has 1 rings (SSSR count). The third kappa shape index (κ3) is 5.32. The lowest BCUT2D eigenvalue weighted by molar-refractivity contribution is 0.337. The second kappa shape index (κ2) is 6.27. The maximum absolute atomic E-state index is 14.0. The van der Waals surface area contributed by atoms with Gasteiger partial charge in [-0.3, -0.25) is 0 Å². The van der Waals surface area contributed by atoms with Crippen LogP contribution in [0.15, 0.2) is 18.1 Å². The summed E-state index contributed by atoms with van der Waals surface area (Å²) in [7, 11) is -22.4. The molecular formula is C4H10F6N4O2P4. The summed E-state index contributed by atoms with van der Waals surface area (Å²) in [5.74, 6) is 0. The van der Waals surface area contributed by atoms with Gasteiger partial charge in [-0.15, -0.1) is 34.8 Å². The minimum atomic E-state index is -6.05. The van der Waals surface area contributed by atoms with Crippen LogP contribution in [0.1, 0.15) is 13.8 Å². The fourth-order valence-electron chi connectivity index (χ4n) is 1.03. The van der Waals surface area contributed by atoms with Crippen molar-refractivity contribution < 1.29 is 34.2 Å². The molecule has 0 saturated carbocycles. The second-order valence-corrected chi connectivity index (χ2v) is 10.1. The number of rotatable bonds is 4. The van der Waals surface area contributed by atoms with Crippen LogP contribution in [0.5, 0.6) is 0 Å². The van der Waals surface area contributed by atoms with E-state index in [0.29, 0.717) is 0 Å². The first-order valence-electron chi connectivity index (χ1n) is 4.97. The predicted octanol–water partition coefficient (Wildman–Crippen LogP) is 7.67. The lowest BCUT2D eigenvalue weighted by Crippen LogP contribution is -1.87. The van der Waals surface area contributed by atoms with E-state index in [0.717, 1.165) is 0 Å². The average molecular weight is 384 g/mol. The van der Waals surface area contributed by atoms with Crippen LogP contribution in [0.3, 0.4) is 0 Å². The van der Waals surface area contributed by atoms with E-state index in [9.17, 15) is 25.2 Å². The summed E-state index contributed by atoms with van der Waals surface area (Å²) >= 11 is 0. The highest BCUT2D eigenvalue weighted by molar-refractivity contribution is 7.77. The molecule has 0 aromatic rings. The van der Waals surface area contributed by atoms with Gasteiger partial charge >= 0.3 is 31.1 Å². The Hall–Kier alpha value is 0.420. The van der Waals surface area contributed by atoms with E-state index >= 15 is 0 Å². The van der Waals surface area contributed by atoms with Gasteiger partial charge in [0.15, 0.2) is 0 Å². The molecule has 0 saturated heterocycles. The maximum atomic E-state index is 14.0. The fraction of sp³-hybridized carbons (Fsp3) is 1.00. The van der Waals surface area contributed by atoms with Gasteiger partial charge in [-0.1, -0.05) is 0 Å². The zero-order valence-electron chi connectivity index (χ0n) is 10.1. The smallest absolute Gasteiger partial charge is 0.303 e. The SMILES string of the molecule is CCOP1(F)=NP(F)(F)=NP(F)(F)=NP(F)(OCC)=N1. The molecule has 120 valence electrons. The van der Waals surface area contributed by atoms with Crippen LogP contribution in [0.25, 0.3) is 0 Å². The summed E-state index contributed by atoms with van der Waals surface area (Å²) in [6.45, 7) is 1.51. The molecule has 1 aliphatic rings. The molecular weight excluding hydrogens is 374 g/mol. The summed E-state index contributed by atoms with van der Waals surface area (Å²) in [4.78, 5) is 0. The van der Waals surface area contributed by atoms with Crippen molar-refractivity contribution in [3.8, 4) is 0 Å². The zero-order valence-corrected chi connectivity index (χ0v) is 13.7. The Morgan fingerprint density at radius 3 is 1.50 bits per heavy atom. The molecule has 0 aliphatic carbocycles. The van der Waals surface area contributed by atoms with Crippen LogP contribution in [-0.2, 0) is 9.05 Å². The Bertz CT molecular complexity index is 575. The zero-order chi connectivity index (χ0) is 15.7. The monoisotopic (exact) mass is 384 g/mol. The van der Waals surface area contributed by atoms with Crippen molar-refractivity contribution in [3.63, 3.8) is 0 Å². The largest absolute Gasteiger partial charge is 0.425 e. The Morgan fingerprint density at radius 2 is 1.05 bits per heavy atom. The molecule has 0 N–H and O–H groups in total. The fourth-order valence-corrected chi connectivity index (χ4v) is 8.63. The van der Waals surface area contributed by atoms with Crippen molar-refractivity contribution in [2.45, 2.75) is 13.8 Å². The second-order valence-electron chi connectivity index (χ2n) is 3.05. The lowest BCUT2D eigenvalue weighted by Gasteiger charge is -2.17. The Labute approximate surface area is 111 Å². The van der Waals surface area contributed by atoms with E-state index in [-0.39, 0.29) is 0 Å². The van der Waals surface area contributed by atoms with Crippen molar-refractivity contribution in [1.82, 2.24) is 0 Å². The minimum Gasteiger partial charge on any atom is -0.303 e. The van der Waals surface area contributed by atoms with E-state index in [1.165, 1.54) is 13.8 Å². The van der Waals surface area contributed by atoms with Crippen LogP contribution >= 0.6 is 31.1 Å². The van der Waals surface area contributed by atoms with Gasteiger partial charge in [0.05, 0.1) is 13.2 Å². The van der Waals surface area contributed by atoms with Gasteiger partial charge in [-0.05, 0) is 13.8 Å². The highest BCUT2D eigenvalue weighted by Crippen LogP contribution is 2.82. The molecule has 20 heavy (non-hydrogen) atoms. The van der Waals surface area contributed by atoms with Gasteiger partial charge in [0.2, 0.25) is 0 Å². The normalized spacial score (nSPS) is 35.6. The van der Waals surface area contributed by atoms with Gasteiger partial charge in [0.25, 0.3) is 0 Å². The molecule has 6 nitrogen and oxygen atoms in total. The van der Waals surface area contributed by atoms with Crippen LogP contribution in [0.4, 0.5) is 25.2 Å². The average Bonchev–Trinajstić information content (AvgIpc) is 2.09. The number of hydrogen-bond donors (Lipinski definition) is 0. The molecule has 0 radical (unpaired) electrons. The summed E-state index contributed by atoms with van der Waals surface area (Å²) in [6, 6.07) is 0. The van der Waals surface area contributed by atoms with Crippen molar-refractivity contribution in [2.24, 2.45) is 18.1 Å². The van der Waals surface area contributed by atoms with Crippen LogP contribution in [0.2, 0.25) is 0 Å². The summed E-state index contributed by atoms with van der Waals surface area (Å²) in [6.07, 6.45) is 0. The third-order valence-electron chi connectivity index (χ3n) is 1.46. The Balaban J connectivity index is 3.65. The van der Waals surface area contributed by atoms with Gasteiger partial charge in [0.1, 0.15) is 0 Å². The first-order chi connectivity index (χ1) is 8.95. The van der Waals surface area contributed by atoms with E-state index in [2.05, 4.69) is 22.6 Å². The van der Waals surface area contributed by atoms with Crippen molar-refractivity contribution >= 4 is 31.1 Å². The van der Waals surface area contributed by atoms with E-state index in [1.807, 2.05) is 4.52 Å². The Morgan fingerprint density at radius 1 is 0.650 bits per heavy atom. The first kappa shape index (κ1) is 18.5. The number of halogens is 6. The lowest BCUT2D eigenvalue weighted by atomic mass is 10.9. The highest BCUT2D eigenvalue weighted by atomic mass is 31.3.